The maximum absolute atomic E-state index is 13.7. The summed E-state index contributed by atoms with van der Waals surface area (Å²) >= 11 is 0. The van der Waals surface area contributed by atoms with E-state index in [1.807, 2.05) is 0 Å². The molecular formula is C20H25F5N4O. The predicted octanol–water partition coefficient (Wildman–Crippen LogP) is 5.05. The van der Waals surface area contributed by atoms with Gasteiger partial charge in [0.2, 0.25) is 5.92 Å². The van der Waals surface area contributed by atoms with Crippen LogP contribution in [0.4, 0.5) is 27.8 Å². The molecule has 1 N–H and O–H groups in total. The molecule has 1 saturated heterocycles. The summed E-state index contributed by atoms with van der Waals surface area (Å²) in [7, 11) is 0. The summed E-state index contributed by atoms with van der Waals surface area (Å²) < 4.78 is 67.1. The van der Waals surface area contributed by atoms with Crippen molar-refractivity contribution in [2.45, 2.75) is 45.2 Å². The van der Waals surface area contributed by atoms with E-state index in [1.165, 1.54) is 17.1 Å². The van der Waals surface area contributed by atoms with Gasteiger partial charge in [-0.05, 0) is 31.9 Å². The third-order valence-electron chi connectivity index (χ3n) is 4.50. The van der Waals surface area contributed by atoms with Gasteiger partial charge in [0.25, 0.3) is 5.91 Å². The van der Waals surface area contributed by atoms with Crippen LogP contribution in [-0.2, 0) is 6.18 Å². The lowest BCUT2D eigenvalue weighted by Crippen LogP contribution is -2.33. The van der Waals surface area contributed by atoms with E-state index in [1.54, 1.807) is 6.92 Å². The van der Waals surface area contributed by atoms with Crippen LogP contribution in [0, 0.1) is 6.92 Å². The first-order valence-corrected chi connectivity index (χ1v) is 9.17. The molecule has 0 atom stereocenters. The second-order valence-corrected chi connectivity index (χ2v) is 6.47. The highest BCUT2D eigenvalue weighted by atomic mass is 19.4. The molecule has 30 heavy (non-hydrogen) atoms. The lowest BCUT2D eigenvalue weighted by Gasteiger charge is -2.25. The Hall–Kier alpha value is -2.78. The molecule has 1 aliphatic rings. The lowest BCUT2D eigenvalue weighted by atomic mass is 10.1. The van der Waals surface area contributed by atoms with Gasteiger partial charge in [0.05, 0.1) is 5.56 Å². The molecule has 2 rings (SSSR count). The number of nitrogens with zero attached hydrogens (tertiary/aromatic N) is 3. The van der Waals surface area contributed by atoms with Crippen molar-refractivity contribution in [3.8, 4) is 0 Å². The first kappa shape index (κ1) is 25.3. The Bertz CT molecular complexity index is 805. The number of hydrogen-bond acceptors (Lipinski definition) is 4. The number of aromatic nitrogens is 2. The fraction of sp³-hybridized carbons (Fsp3) is 0.450. The molecule has 1 aromatic heterocycles. The number of amides is 1. The molecule has 1 aromatic rings. The number of anilines is 1. The predicted molar refractivity (Wildman–Crippen MR) is 105 cm³/mol. The van der Waals surface area contributed by atoms with Crippen molar-refractivity contribution in [1.29, 1.82) is 0 Å². The second kappa shape index (κ2) is 10.3. The summed E-state index contributed by atoms with van der Waals surface area (Å²) in [4.78, 5) is 14.1. The third-order valence-corrected chi connectivity index (χ3v) is 4.50. The molecule has 0 radical (unpaired) electrons. The quantitative estimate of drug-likeness (QED) is 0.411. The van der Waals surface area contributed by atoms with E-state index < -0.39 is 35.7 Å². The first-order chi connectivity index (χ1) is 14.0. The number of carbonyl (C=O) groups excluding carboxylic acids is 1. The van der Waals surface area contributed by atoms with Gasteiger partial charge in [0, 0.05) is 31.6 Å². The Morgan fingerprint density at radius 3 is 2.37 bits per heavy atom. The maximum Gasteiger partial charge on any atom is 0.435 e. The van der Waals surface area contributed by atoms with Crippen LogP contribution in [0.2, 0.25) is 0 Å². The molecule has 0 bridgehead atoms. The zero-order valence-corrected chi connectivity index (χ0v) is 17.0. The number of carbonyl (C=O) groups is 1. The van der Waals surface area contributed by atoms with E-state index in [2.05, 4.69) is 35.3 Å². The highest BCUT2D eigenvalue weighted by Gasteiger charge is 2.39. The number of nitrogens with one attached hydrogen (secondary N) is 1. The zero-order valence-electron chi connectivity index (χ0n) is 17.0. The van der Waals surface area contributed by atoms with Gasteiger partial charge in [-0.1, -0.05) is 12.7 Å². The number of hydrogen-bond donors (Lipinski definition) is 1. The molecule has 1 aliphatic heterocycles. The van der Waals surface area contributed by atoms with E-state index >= 15 is 0 Å². The van der Waals surface area contributed by atoms with Crippen LogP contribution in [0.1, 0.15) is 47.8 Å². The molecule has 0 aromatic carbocycles. The van der Waals surface area contributed by atoms with Gasteiger partial charge in [-0.25, -0.2) is 8.78 Å². The van der Waals surface area contributed by atoms with Crippen molar-refractivity contribution < 1.29 is 26.7 Å². The fourth-order valence-corrected chi connectivity index (χ4v) is 2.98. The molecule has 0 aliphatic carbocycles. The van der Waals surface area contributed by atoms with Crippen LogP contribution in [0.15, 0.2) is 37.6 Å². The fourth-order valence-electron chi connectivity index (χ4n) is 2.98. The van der Waals surface area contributed by atoms with E-state index in [-0.39, 0.29) is 37.3 Å². The first-order valence-electron chi connectivity index (χ1n) is 9.17. The number of alkyl halides is 5. The Morgan fingerprint density at radius 1 is 1.20 bits per heavy atom. The van der Waals surface area contributed by atoms with Crippen LogP contribution >= 0.6 is 0 Å². The van der Waals surface area contributed by atoms with Gasteiger partial charge in [-0.15, -0.1) is 23.4 Å². The second-order valence-electron chi connectivity index (χ2n) is 6.47. The normalized spacial score (nSPS) is 16.8. The minimum Gasteiger partial charge on any atom is -0.354 e. The SMILES string of the molecule is C=C.C=C/C(=C\C)NC(=O)c1c(N2CCCC(F)(F)CC2)nnc(C(F)(F)F)c1C. The van der Waals surface area contributed by atoms with E-state index in [0.29, 0.717) is 5.70 Å². The number of halogens is 5. The number of rotatable bonds is 4. The highest BCUT2D eigenvalue weighted by Crippen LogP contribution is 2.35. The van der Waals surface area contributed by atoms with Crippen LogP contribution in [0.25, 0.3) is 0 Å². The highest BCUT2D eigenvalue weighted by molar-refractivity contribution is 6.01. The van der Waals surface area contributed by atoms with Crippen molar-refractivity contribution in [3.63, 3.8) is 0 Å². The molecule has 2 heterocycles. The van der Waals surface area contributed by atoms with E-state index in [0.717, 1.165) is 6.92 Å². The summed E-state index contributed by atoms with van der Waals surface area (Å²) in [5.41, 5.74) is -1.75. The van der Waals surface area contributed by atoms with E-state index in [4.69, 9.17) is 0 Å². The van der Waals surface area contributed by atoms with E-state index in [9.17, 15) is 26.7 Å². The van der Waals surface area contributed by atoms with Gasteiger partial charge in [0.15, 0.2) is 11.5 Å². The van der Waals surface area contributed by atoms with Crippen molar-refractivity contribution in [1.82, 2.24) is 15.5 Å². The van der Waals surface area contributed by atoms with Gasteiger partial charge in [0.1, 0.15) is 0 Å². The summed E-state index contributed by atoms with van der Waals surface area (Å²) in [5.74, 6) is -3.84. The van der Waals surface area contributed by atoms with Crippen molar-refractivity contribution >= 4 is 11.7 Å². The lowest BCUT2D eigenvalue weighted by molar-refractivity contribution is -0.142. The smallest absolute Gasteiger partial charge is 0.354 e. The van der Waals surface area contributed by atoms with Crippen molar-refractivity contribution in [3.05, 3.63) is 54.4 Å². The molecule has 0 saturated carbocycles. The summed E-state index contributed by atoms with van der Waals surface area (Å²) in [6.07, 6.45) is -2.66. The standard InChI is InChI=1S/C18H21F5N4O.C2H4/c1-4-12(5-2)24-16(28)13-11(3)14(18(21,22)23)25-26-15(13)27-9-6-7-17(19,20)8-10-27;1-2/h4-5H,1,6-10H2,2-3H3,(H,24,28);1-2H2/b12-5+;. The molecule has 10 heteroatoms. The van der Waals surface area contributed by atoms with Gasteiger partial charge in [-0.2, -0.15) is 13.2 Å². The maximum atomic E-state index is 13.7. The summed E-state index contributed by atoms with van der Waals surface area (Å²) in [6.45, 7) is 12.2. The monoisotopic (exact) mass is 432 g/mol. The van der Waals surface area contributed by atoms with Crippen molar-refractivity contribution in [2.24, 2.45) is 0 Å². The Balaban J connectivity index is 0.00000218. The summed E-state index contributed by atoms with van der Waals surface area (Å²) in [5, 5.41) is 9.30. The molecule has 0 spiro atoms. The minimum atomic E-state index is -4.81. The average molecular weight is 432 g/mol. The molecule has 5 nitrogen and oxygen atoms in total. The van der Waals surface area contributed by atoms with Gasteiger partial charge >= 0.3 is 6.18 Å². The van der Waals surface area contributed by atoms with Gasteiger partial charge in [-0.3, -0.25) is 4.79 Å². The molecule has 1 fully saturated rings. The Kier molecular flexibility index (Phi) is 8.68. The van der Waals surface area contributed by atoms with Crippen LogP contribution in [0.3, 0.4) is 0 Å². The molecule has 166 valence electrons. The van der Waals surface area contributed by atoms with Gasteiger partial charge < -0.3 is 10.2 Å². The Labute approximate surface area is 172 Å². The van der Waals surface area contributed by atoms with Crippen LogP contribution in [-0.4, -0.2) is 35.1 Å². The molecular weight excluding hydrogens is 407 g/mol. The topological polar surface area (TPSA) is 58.1 Å². The van der Waals surface area contributed by atoms with Crippen LogP contribution in [0.5, 0.6) is 0 Å². The average Bonchev–Trinajstić information content (AvgIpc) is 2.86. The third kappa shape index (κ3) is 6.11. The van der Waals surface area contributed by atoms with Crippen molar-refractivity contribution in [2.75, 3.05) is 18.0 Å². The molecule has 1 amide bonds. The molecule has 0 unspecified atom stereocenters. The number of allylic oxidation sites excluding steroid dienone is 2. The zero-order chi connectivity index (χ0) is 23.1. The Morgan fingerprint density at radius 2 is 1.83 bits per heavy atom. The van der Waals surface area contributed by atoms with Crippen LogP contribution < -0.4 is 10.2 Å². The largest absolute Gasteiger partial charge is 0.435 e. The summed E-state index contributed by atoms with van der Waals surface area (Å²) in [6, 6.07) is 0. The minimum absolute atomic E-state index is 0.114.